The van der Waals surface area contributed by atoms with Gasteiger partial charge in [0.05, 0.1) is 11.4 Å². The lowest BCUT2D eigenvalue weighted by Crippen LogP contribution is -2.40. The van der Waals surface area contributed by atoms with Crippen LogP contribution in [0, 0.1) is 0 Å². The number of likely N-dealkylation sites (N-methyl/N-ethyl adjacent to an activating group) is 1. The summed E-state index contributed by atoms with van der Waals surface area (Å²) in [6.45, 7) is 5.97. The van der Waals surface area contributed by atoms with Crippen LogP contribution in [-0.4, -0.2) is 79.1 Å². The molecule has 1 saturated heterocycles. The fourth-order valence-corrected chi connectivity index (χ4v) is 4.68. The molecule has 0 bridgehead atoms. The Bertz CT molecular complexity index is 1560. The van der Waals surface area contributed by atoms with E-state index in [4.69, 9.17) is 21.8 Å². The molecule has 12 nitrogen and oxygen atoms in total. The molecule has 1 aliphatic rings. The van der Waals surface area contributed by atoms with Crippen LogP contribution in [0.15, 0.2) is 41.1 Å². The van der Waals surface area contributed by atoms with Gasteiger partial charge >= 0.3 is 6.01 Å². The number of hydrogen-bond acceptors (Lipinski definition) is 9. The molecular weight excluding hydrogens is 522 g/mol. The van der Waals surface area contributed by atoms with Crippen LogP contribution in [-0.2, 0) is 4.79 Å². The predicted molar refractivity (Wildman–Crippen MR) is 148 cm³/mol. The number of halogens is 1. The van der Waals surface area contributed by atoms with E-state index in [1.165, 1.54) is 6.33 Å². The molecule has 1 unspecified atom stereocenters. The number of hydrogen-bond donors (Lipinski definition) is 2. The van der Waals surface area contributed by atoms with Gasteiger partial charge in [-0.25, -0.2) is 14.6 Å². The molecule has 5 rings (SSSR count). The SMILES string of the molecule is CC(C)N(C)C/C=C/C(=O)N1CCCC(n2nc(C(=O)Nc3nc4cc(Cl)ccc4o3)c3c(N)ncnc32)C1. The van der Waals surface area contributed by atoms with Crippen LogP contribution < -0.4 is 11.1 Å². The third-order valence-electron chi connectivity index (χ3n) is 6.89. The van der Waals surface area contributed by atoms with Crippen molar-refractivity contribution in [3.05, 3.63) is 47.4 Å². The monoisotopic (exact) mass is 551 g/mol. The summed E-state index contributed by atoms with van der Waals surface area (Å²) < 4.78 is 7.30. The Hall–Kier alpha value is -4.03. The maximum absolute atomic E-state index is 13.3. The number of carbonyl (C=O) groups excluding carboxylic acids is 2. The topological polar surface area (TPSA) is 148 Å². The smallest absolute Gasteiger partial charge is 0.302 e. The Balaban J connectivity index is 1.38. The summed E-state index contributed by atoms with van der Waals surface area (Å²) in [7, 11) is 2.01. The van der Waals surface area contributed by atoms with Crippen molar-refractivity contribution in [3.8, 4) is 0 Å². The number of aromatic nitrogens is 5. The molecule has 0 saturated carbocycles. The summed E-state index contributed by atoms with van der Waals surface area (Å²) in [4.78, 5) is 42.9. The number of likely N-dealkylation sites (tertiary alicyclic amines) is 1. The number of benzene rings is 1. The second kappa shape index (κ2) is 11.0. The van der Waals surface area contributed by atoms with E-state index in [1.54, 1.807) is 33.9 Å². The standard InChI is InChI=1S/C26H30ClN9O3/c1-15(2)34(3)10-5-7-20(37)35-11-4-6-17(13-35)36-24-21(23(28)29-14-30-24)22(33-36)25(38)32-26-31-18-12-16(27)8-9-19(18)39-26/h5,7-9,12,14-15,17H,4,6,10-11,13H2,1-3H3,(H2,28,29,30)(H,31,32,38)/b7-5+. The molecule has 3 N–H and O–H groups in total. The van der Waals surface area contributed by atoms with Gasteiger partial charge in [-0.3, -0.25) is 14.9 Å². The summed E-state index contributed by atoms with van der Waals surface area (Å²) >= 11 is 6.03. The van der Waals surface area contributed by atoms with E-state index >= 15 is 0 Å². The normalized spacial score (nSPS) is 16.3. The van der Waals surface area contributed by atoms with Crippen LogP contribution in [0.4, 0.5) is 11.8 Å². The van der Waals surface area contributed by atoms with E-state index in [0.29, 0.717) is 52.8 Å². The molecule has 0 aliphatic carbocycles. The summed E-state index contributed by atoms with van der Waals surface area (Å²) in [6.07, 6.45) is 6.38. The van der Waals surface area contributed by atoms with Gasteiger partial charge in [0.1, 0.15) is 17.7 Å². The number of fused-ring (bicyclic) bond motifs is 2. The van der Waals surface area contributed by atoms with E-state index in [2.05, 4.69) is 44.1 Å². The number of rotatable bonds is 7. The Labute approximate surface area is 229 Å². The first-order valence-corrected chi connectivity index (χ1v) is 13.1. The molecule has 4 heterocycles. The lowest BCUT2D eigenvalue weighted by Gasteiger charge is -2.32. The summed E-state index contributed by atoms with van der Waals surface area (Å²) in [6, 6.07) is 5.17. The average Bonchev–Trinajstić information content (AvgIpc) is 3.50. The predicted octanol–water partition coefficient (Wildman–Crippen LogP) is 3.52. The Morgan fingerprint density at radius 1 is 1.33 bits per heavy atom. The Kier molecular flexibility index (Phi) is 7.49. The molecule has 13 heteroatoms. The largest absolute Gasteiger partial charge is 0.423 e. The van der Waals surface area contributed by atoms with Crippen molar-refractivity contribution < 1.29 is 14.0 Å². The highest BCUT2D eigenvalue weighted by Gasteiger charge is 2.30. The van der Waals surface area contributed by atoms with E-state index in [-0.39, 0.29) is 29.5 Å². The van der Waals surface area contributed by atoms with Crippen LogP contribution in [0.3, 0.4) is 0 Å². The third kappa shape index (κ3) is 5.57. The van der Waals surface area contributed by atoms with Crippen LogP contribution in [0.25, 0.3) is 22.1 Å². The van der Waals surface area contributed by atoms with Crippen LogP contribution in [0.1, 0.15) is 43.2 Å². The summed E-state index contributed by atoms with van der Waals surface area (Å²) in [5.41, 5.74) is 7.62. The van der Waals surface area contributed by atoms with Gasteiger partial charge in [-0.1, -0.05) is 17.7 Å². The minimum Gasteiger partial charge on any atom is -0.423 e. The van der Waals surface area contributed by atoms with Gasteiger partial charge in [0.25, 0.3) is 5.91 Å². The number of piperidine rings is 1. The Morgan fingerprint density at radius 2 is 2.15 bits per heavy atom. The molecule has 4 aromatic rings. The zero-order chi connectivity index (χ0) is 27.7. The number of amides is 2. The van der Waals surface area contributed by atoms with Crippen LogP contribution in [0.5, 0.6) is 0 Å². The Morgan fingerprint density at radius 3 is 2.95 bits per heavy atom. The van der Waals surface area contributed by atoms with Crippen molar-refractivity contribution in [1.82, 2.24) is 34.5 Å². The average molecular weight is 552 g/mol. The van der Waals surface area contributed by atoms with Crippen LogP contribution in [0.2, 0.25) is 5.02 Å². The first-order valence-electron chi connectivity index (χ1n) is 12.7. The molecule has 0 radical (unpaired) electrons. The molecule has 1 aliphatic heterocycles. The molecule has 39 heavy (non-hydrogen) atoms. The van der Waals surface area contributed by atoms with Crippen molar-refractivity contribution in [2.45, 2.75) is 38.8 Å². The van der Waals surface area contributed by atoms with Crippen molar-refractivity contribution in [2.75, 3.05) is 37.7 Å². The minimum absolute atomic E-state index is 0.000255. The number of nitrogen functional groups attached to an aromatic ring is 1. The van der Waals surface area contributed by atoms with Crippen molar-refractivity contribution in [2.24, 2.45) is 0 Å². The number of oxazole rings is 1. The van der Waals surface area contributed by atoms with Gasteiger partial charge in [-0.15, -0.1) is 0 Å². The third-order valence-corrected chi connectivity index (χ3v) is 7.13. The van der Waals surface area contributed by atoms with Crippen LogP contribution >= 0.6 is 11.6 Å². The molecule has 1 atom stereocenters. The highest BCUT2D eigenvalue weighted by Crippen LogP contribution is 2.29. The molecule has 3 aromatic heterocycles. The second-order valence-corrected chi connectivity index (χ2v) is 10.3. The lowest BCUT2D eigenvalue weighted by molar-refractivity contribution is -0.127. The maximum Gasteiger partial charge on any atom is 0.302 e. The molecule has 2 amide bonds. The van der Waals surface area contributed by atoms with Gasteiger partial charge in [0.2, 0.25) is 5.91 Å². The number of nitrogens with one attached hydrogen (secondary N) is 1. The first-order chi connectivity index (χ1) is 18.7. The quantitative estimate of drug-likeness (QED) is 0.329. The van der Waals surface area contributed by atoms with Gasteiger partial charge in [-0.2, -0.15) is 10.1 Å². The molecule has 0 spiro atoms. The number of anilines is 2. The van der Waals surface area contributed by atoms with Gasteiger partial charge < -0.3 is 20.0 Å². The highest BCUT2D eigenvalue weighted by molar-refractivity contribution is 6.31. The summed E-state index contributed by atoms with van der Waals surface area (Å²) in [5.74, 6) is -0.503. The minimum atomic E-state index is -0.571. The number of nitrogens with two attached hydrogens (primary N) is 1. The van der Waals surface area contributed by atoms with Crippen molar-refractivity contribution >= 4 is 57.4 Å². The van der Waals surface area contributed by atoms with Crippen molar-refractivity contribution in [1.29, 1.82) is 0 Å². The fourth-order valence-electron chi connectivity index (χ4n) is 4.51. The van der Waals surface area contributed by atoms with Gasteiger partial charge in [0, 0.05) is 36.8 Å². The van der Waals surface area contributed by atoms with E-state index in [1.807, 2.05) is 13.1 Å². The lowest BCUT2D eigenvalue weighted by atomic mass is 10.1. The number of carbonyl (C=O) groups is 2. The summed E-state index contributed by atoms with van der Waals surface area (Å²) in [5, 5.41) is 8.08. The highest BCUT2D eigenvalue weighted by atomic mass is 35.5. The van der Waals surface area contributed by atoms with Gasteiger partial charge in [-0.05, 0) is 51.9 Å². The van der Waals surface area contributed by atoms with E-state index in [0.717, 1.165) is 12.8 Å². The fraction of sp³-hybridized carbons (Fsp3) is 0.385. The second-order valence-electron chi connectivity index (χ2n) is 9.85. The molecular formula is C26H30ClN9O3. The van der Waals surface area contributed by atoms with E-state index in [9.17, 15) is 9.59 Å². The zero-order valence-corrected chi connectivity index (χ0v) is 22.7. The molecule has 1 aromatic carbocycles. The molecule has 204 valence electrons. The molecule has 1 fully saturated rings. The first kappa shape index (κ1) is 26.6. The van der Waals surface area contributed by atoms with Gasteiger partial charge in [0.15, 0.2) is 16.9 Å². The number of nitrogens with zero attached hydrogens (tertiary/aromatic N) is 7. The van der Waals surface area contributed by atoms with Crippen molar-refractivity contribution in [3.63, 3.8) is 0 Å². The zero-order valence-electron chi connectivity index (χ0n) is 22.0. The van der Waals surface area contributed by atoms with E-state index < -0.39 is 5.91 Å². The maximum atomic E-state index is 13.3.